The summed E-state index contributed by atoms with van der Waals surface area (Å²) in [5, 5.41) is 32.9. The van der Waals surface area contributed by atoms with Crippen molar-refractivity contribution in [3.8, 4) is 23.0 Å². The fourth-order valence-electron chi connectivity index (χ4n) is 13.2. The molecule has 0 unspecified atom stereocenters. The summed E-state index contributed by atoms with van der Waals surface area (Å²) in [7, 11) is 5.25. The van der Waals surface area contributed by atoms with Crippen LogP contribution in [0.3, 0.4) is 0 Å². The number of benzene rings is 9. The Hall–Kier alpha value is -15.7. The maximum absolute atomic E-state index is 15.0. The number of primary amides is 1. The number of amides is 13. The number of carbonyl (C=O) groups excluding carboxylic acids is 13. The van der Waals surface area contributed by atoms with Crippen molar-refractivity contribution < 1.29 is 105 Å². The highest BCUT2D eigenvalue weighted by atomic mass is 16.6. The molecule has 14 N–H and O–H groups in total. The van der Waals surface area contributed by atoms with Gasteiger partial charge in [0.15, 0.2) is 0 Å². The van der Waals surface area contributed by atoms with E-state index in [0.29, 0.717) is 24.8 Å². The van der Waals surface area contributed by atoms with Gasteiger partial charge in [0.2, 0.25) is 23.6 Å². The van der Waals surface area contributed by atoms with E-state index in [2.05, 4.69) is 63.8 Å². The zero-order valence-corrected chi connectivity index (χ0v) is 73.1. The van der Waals surface area contributed by atoms with Crippen molar-refractivity contribution in [2.24, 2.45) is 5.73 Å². The first-order valence-corrected chi connectivity index (χ1v) is 42.5. The van der Waals surface area contributed by atoms with Crippen molar-refractivity contribution in [2.45, 2.75) is 134 Å². The Morgan fingerprint density at radius 3 is 0.702 bits per heavy atom. The van der Waals surface area contributed by atoms with Crippen molar-refractivity contribution in [1.82, 2.24) is 42.5 Å². The van der Waals surface area contributed by atoms with Crippen LogP contribution < -0.4 is 88.5 Å². The number of nitrogens with two attached hydrogens (primary N) is 1. The average molecular weight is 1800 g/mol. The van der Waals surface area contributed by atoms with Crippen LogP contribution in [0, 0.1) is 0 Å². The monoisotopic (exact) mass is 1800 g/mol. The Morgan fingerprint density at radius 2 is 0.473 bits per heavy atom. The van der Waals surface area contributed by atoms with E-state index in [1.165, 1.54) is 101 Å². The molecule has 0 radical (unpaired) electrons. The van der Waals surface area contributed by atoms with E-state index in [1.807, 2.05) is 72.8 Å². The van der Waals surface area contributed by atoms with Crippen molar-refractivity contribution >= 4 is 100 Å². The fraction of sp³-hybridized carbons (Fsp3) is 0.302. The molecule has 13 amide bonds. The van der Waals surface area contributed by atoms with Gasteiger partial charge in [-0.1, -0.05) is 152 Å². The first-order valence-electron chi connectivity index (χ1n) is 42.5. The van der Waals surface area contributed by atoms with Crippen LogP contribution in [0.1, 0.15) is 146 Å². The summed E-state index contributed by atoms with van der Waals surface area (Å²) in [4.78, 5) is 179. The van der Waals surface area contributed by atoms with Crippen LogP contribution in [0.2, 0.25) is 0 Å². The minimum atomic E-state index is -1.39. The zero-order chi connectivity index (χ0) is 93.5. The molecule has 9 rings (SSSR count). The summed E-state index contributed by atoms with van der Waals surface area (Å²) in [6.07, 6.45) is -1.38. The van der Waals surface area contributed by atoms with Crippen LogP contribution in [0.25, 0.3) is 0 Å². The van der Waals surface area contributed by atoms with Crippen molar-refractivity contribution in [2.75, 3.05) is 75.9 Å². The van der Waals surface area contributed by atoms with Gasteiger partial charge in [-0.25, -0.2) is 24.0 Å². The lowest BCUT2D eigenvalue weighted by Crippen LogP contribution is -2.45. The number of hydrogen-bond donors (Lipinski definition) is 13. The quantitative estimate of drug-likeness (QED) is 0.0124. The predicted octanol–water partition coefficient (Wildman–Crippen LogP) is 12.7. The van der Waals surface area contributed by atoms with E-state index < -0.39 is 102 Å². The molecule has 0 aliphatic carbocycles. The summed E-state index contributed by atoms with van der Waals surface area (Å²) >= 11 is 0. The van der Waals surface area contributed by atoms with E-state index in [9.17, 15) is 62.3 Å². The van der Waals surface area contributed by atoms with Crippen LogP contribution in [-0.4, -0.2) is 157 Å². The van der Waals surface area contributed by atoms with Gasteiger partial charge in [0, 0.05) is 48.9 Å². The molecule has 690 valence electrons. The first-order chi connectivity index (χ1) is 63.5. The SMILES string of the molecule is COc1ccc(NC(=O)[C@H](CCCCNC(=O)OCc2ccccc2)NC(=O)c2cc(NC(=O)[C@H](CCCCNC(=O)OCc3ccccc3)NC(=O)c3cc(NC(=O)[C@H](CCCCNC(=O)OCc4ccccc4)NC(=O)c4cc(NC(=O)[C@H](CCCCNC(=O)OCc5ccccc5)NC(=O)OCc5ccccc5)ccc4OC)ccc3OC)ccc2OC)cc1C(N)=O. The Labute approximate surface area is 757 Å². The van der Waals surface area contributed by atoms with E-state index in [4.69, 9.17) is 48.4 Å². The van der Waals surface area contributed by atoms with E-state index >= 15 is 0 Å². The molecule has 9 aromatic carbocycles. The first kappa shape index (κ1) is 99.1. The minimum absolute atomic E-state index is 0.00290. The number of anilines is 4. The molecule has 0 saturated heterocycles. The third-order valence-electron chi connectivity index (χ3n) is 20.2. The lowest BCUT2D eigenvalue weighted by atomic mass is 10.0. The Bertz CT molecular complexity index is 5300. The molecule has 0 spiro atoms. The molecule has 0 bridgehead atoms. The average Bonchev–Trinajstić information content (AvgIpc) is 0.805. The second-order valence-corrected chi connectivity index (χ2v) is 29.8. The topological polar surface area (TPSA) is 475 Å². The fourth-order valence-corrected chi connectivity index (χ4v) is 13.2. The van der Waals surface area contributed by atoms with Gasteiger partial charge in [0.05, 0.1) is 50.7 Å². The van der Waals surface area contributed by atoms with Gasteiger partial charge >= 0.3 is 30.5 Å². The van der Waals surface area contributed by atoms with Crippen LogP contribution in [0.15, 0.2) is 224 Å². The standard InChI is InChI=1S/C96H109N13O22/c1-123-80-46-42-68(54-72(80)84(97)110)102-88(114)76(38-20-24-50-98-92(118)127-58-63-28-10-5-11-29-63)106-85(111)73-55-69(43-47-81(73)124-2)103-89(115)77(39-21-25-51-99-93(119)128-59-64-30-12-6-13-31-64)107-86(112)74-56-70(44-48-82(74)125-3)104-90(116)78(40-22-26-52-100-94(120)129-60-65-32-14-7-15-33-65)108-87(113)75-57-71(45-49-83(75)126-4)105-91(117)79(109-96(122)131-62-67-36-18-9-19-37-67)41-23-27-53-101-95(121)130-61-66-34-16-8-17-35-66/h5-19,28-37,42-49,54-57,76-79H,20-27,38-41,50-53,58-62H2,1-4H3,(H2,97,110)(H,98,118)(H,99,119)(H,100,120)(H,101,121)(H,102,114)(H,103,115)(H,104,116)(H,105,117)(H,106,111)(H,107,112)(H,108,113)(H,109,122)/t76-,77-,78-,79-/m0/s1. The van der Waals surface area contributed by atoms with E-state index in [1.54, 1.807) is 78.9 Å². The number of unbranched alkanes of at least 4 members (excludes halogenated alkanes) is 4. The maximum atomic E-state index is 15.0. The van der Waals surface area contributed by atoms with Gasteiger partial charge in [-0.15, -0.1) is 0 Å². The molecule has 0 heterocycles. The molecule has 35 heteroatoms. The molecule has 0 aromatic heterocycles. The molecule has 35 nitrogen and oxygen atoms in total. The largest absolute Gasteiger partial charge is 0.496 e. The molecule has 4 atom stereocenters. The Balaban J connectivity index is 0.920. The van der Waals surface area contributed by atoms with Crippen LogP contribution >= 0.6 is 0 Å². The highest BCUT2D eigenvalue weighted by Crippen LogP contribution is 2.29. The lowest BCUT2D eigenvalue weighted by molar-refractivity contribution is -0.119. The van der Waals surface area contributed by atoms with Crippen molar-refractivity contribution in [1.29, 1.82) is 0 Å². The maximum Gasteiger partial charge on any atom is 0.408 e. The highest BCUT2D eigenvalue weighted by molar-refractivity contribution is 6.08. The number of alkyl carbamates (subject to hydrolysis) is 5. The van der Waals surface area contributed by atoms with Crippen LogP contribution in [0.5, 0.6) is 23.0 Å². The normalized spacial score (nSPS) is 11.5. The highest BCUT2D eigenvalue weighted by Gasteiger charge is 2.31. The molecule has 9 aromatic rings. The minimum Gasteiger partial charge on any atom is -0.496 e. The molecule has 0 saturated carbocycles. The molecule has 0 fully saturated rings. The smallest absolute Gasteiger partial charge is 0.408 e. The van der Waals surface area contributed by atoms with Gasteiger partial charge in [-0.2, -0.15) is 0 Å². The summed E-state index contributed by atoms with van der Waals surface area (Å²) in [6, 6.07) is 56.6. The molecule has 131 heavy (non-hydrogen) atoms. The molecular formula is C96H109N13O22. The Morgan fingerprint density at radius 1 is 0.260 bits per heavy atom. The number of carbonyl (C=O) groups is 13. The van der Waals surface area contributed by atoms with Crippen molar-refractivity contribution in [3.05, 3.63) is 275 Å². The molecule has 0 aliphatic rings. The second-order valence-electron chi connectivity index (χ2n) is 29.8. The summed E-state index contributed by atoms with van der Waals surface area (Å²) < 4.78 is 49.2. The summed E-state index contributed by atoms with van der Waals surface area (Å²) in [6.45, 7) is 0.509. The van der Waals surface area contributed by atoms with Crippen LogP contribution in [-0.2, 0) is 75.9 Å². The van der Waals surface area contributed by atoms with Gasteiger partial charge in [-0.05, 0) is 178 Å². The van der Waals surface area contributed by atoms with Gasteiger partial charge in [0.25, 0.3) is 23.6 Å². The van der Waals surface area contributed by atoms with E-state index in [-0.39, 0.29) is 185 Å². The van der Waals surface area contributed by atoms with Gasteiger partial charge < -0.3 is 112 Å². The molecular weight excluding hydrogens is 1690 g/mol. The van der Waals surface area contributed by atoms with Gasteiger partial charge in [0.1, 0.15) is 80.2 Å². The van der Waals surface area contributed by atoms with Gasteiger partial charge in [-0.3, -0.25) is 38.4 Å². The van der Waals surface area contributed by atoms with Crippen LogP contribution in [0.4, 0.5) is 46.7 Å². The zero-order valence-electron chi connectivity index (χ0n) is 73.1. The number of rotatable bonds is 50. The number of ether oxygens (including phenoxy) is 9. The third kappa shape index (κ3) is 34.2. The summed E-state index contributed by atoms with van der Waals surface area (Å²) in [5.41, 5.74) is 9.17. The number of nitrogens with one attached hydrogen (secondary N) is 12. The Kier molecular flexibility index (Phi) is 40.6. The molecule has 0 aliphatic heterocycles. The second kappa shape index (κ2) is 53.7. The number of methoxy groups -OCH3 is 4. The van der Waals surface area contributed by atoms with Crippen molar-refractivity contribution in [3.63, 3.8) is 0 Å². The predicted molar refractivity (Wildman–Crippen MR) is 486 cm³/mol. The lowest BCUT2D eigenvalue weighted by Gasteiger charge is -2.22. The number of hydrogen-bond acceptors (Lipinski definition) is 22. The third-order valence-corrected chi connectivity index (χ3v) is 20.2. The summed E-state index contributed by atoms with van der Waals surface area (Å²) in [5.74, 6) is -6.23. The van der Waals surface area contributed by atoms with E-state index in [0.717, 1.165) is 22.3 Å².